The molecule has 0 aromatic heterocycles. The molecule has 1 aromatic rings. The quantitative estimate of drug-likeness (QED) is 0.446. The monoisotopic (exact) mass is 376 g/mol. The van der Waals surface area contributed by atoms with Crippen LogP contribution in [-0.4, -0.2) is 23.2 Å². The minimum absolute atomic E-state index is 0.0457. The molecule has 18 heavy (non-hydrogen) atoms. The Morgan fingerprint density at radius 3 is 2.56 bits per heavy atom. The number of carbonyl (C=O) groups is 2. The van der Waals surface area contributed by atoms with Gasteiger partial charge in [0.1, 0.15) is 0 Å². The highest BCUT2D eigenvalue weighted by Gasteiger charge is 2.18. The molecule has 0 amide bonds. The van der Waals surface area contributed by atoms with E-state index < -0.39 is 5.97 Å². The van der Waals surface area contributed by atoms with E-state index in [1.807, 2.05) is 0 Å². The highest BCUT2D eigenvalue weighted by Crippen LogP contribution is 2.20. The molecule has 1 atom stereocenters. The van der Waals surface area contributed by atoms with Gasteiger partial charge in [-0.1, -0.05) is 37.9 Å². The third-order valence-electron chi connectivity index (χ3n) is 2.39. The van der Waals surface area contributed by atoms with E-state index in [1.54, 1.807) is 32.0 Å². The molecule has 0 spiro atoms. The number of benzene rings is 1. The van der Waals surface area contributed by atoms with Crippen LogP contribution in [0.4, 0.5) is 0 Å². The first-order valence-electron chi connectivity index (χ1n) is 5.55. The van der Waals surface area contributed by atoms with Crippen LogP contribution in [0.25, 0.3) is 0 Å². The van der Waals surface area contributed by atoms with E-state index in [2.05, 4.69) is 31.9 Å². The van der Waals surface area contributed by atoms with Crippen molar-refractivity contribution < 1.29 is 14.3 Å². The van der Waals surface area contributed by atoms with Crippen LogP contribution in [0.1, 0.15) is 40.1 Å². The Morgan fingerprint density at radius 2 is 2.06 bits per heavy atom. The average molecular weight is 378 g/mol. The molecule has 5 heteroatoms. The van der Waals surface area contributed by atoms with Gasteiger partial charge >= 0.3 is 5.97 Å². The van der Waals surface area contributed by atoms with Gasteiger partial charge in [0.2, 0.25) is 0 Å². The second kappa shape index (κ2) is 7.04. The minimum atomic E-state index is -0.408. The summed E-state index contributed by atoms with van der Waals surface area (Å²) in [5.74, 6) is -0.453. The van der Waals surface area contributed by atoms with Crippen molar-refractivity contribution in [3.63, 3.8) is 0 Å². The van der Waals surface area contributed by atoms with E-state index in [-0.39, 0.29) is 10.6 Å². The van der Waals surface area contributed by atoms with Gasteiger partial charge in [-0.05, 0) is 31.5 Å². The molecule has 0 aliphatic heterocycles. The van der Waals surface area contributed by atoms with Gasteiger partial charge in [0.15, 0.2) is 5.78 Å². The van der Waals surface area contributed by atoms with Crippen LogP contribution < -0.4 is 0 Å². The van der Waals surface area contributed by atoms with Crippen molar-refractivity contribution in [2.24, 2.45) is 0 Å². The van der Waals surface area contributed by atoms with Gasteiger partial charge in [0.05, 0.1) is 17.0 Å². The third kappa shape index (κ3) is 3.65. The van der Waals surface area contributed by atoms with E-state index in [0.29, 0.717) is 23.1 Å². The normalized spacial score (nSPS) is 12.0. The van der Waals surface area contributed by atoms with Crippen LogP contribution in [0, 0.1) is 0 Å². The Balaban J connectivity index is 3.17. The van der Waals surface area contributed by atoms with Gasteiger partial charge in [0.25, 0.3) is 0 Å². The zero-order valence-corrected chi connectivity index (χ0v) is 13.4. The molecule has 1 rings (SSSR count). The topological polar surface area (TPSA) is 43.4 Å². The van der Waals surface area contributed by atoms with Gasteiger partial charge in [0, 0.05) is 10.9 Å². The summed E-state index contributed by atoms with van der Waals surface area (Å²) >= 11 is 6.59. The van der Waals surface area contributed by atoms with Gasteiger partial charge in [-0.2, -0.15) is 0 Å². The van der Waals surface area contributed by atoms with Gasteiger partial charge < -0.3 is 4.74 Å². The molecule has 3 nitrogen and oxygen atoms in total. The smallest absolute Gasteiger partial charge is 0.338 e. The number of halogens is 2. The maximum Gasteiger partial charge on any atom is 0.338 e. The first kappa shape index (κ1) is 15.4. The zero-order chi connectivity index (χ0) is 13.7. The Kier molecular flexibility index (Phi) is 6.02. The van der Waals surface area contributed by atoms with Crippen molar-refractivity contribution in [3.8, 4) is 0 Å². The van der Waals surface area contributed by atoms with Crippen molar-refractivity contribution >= 4 is 43.6 Å². The highest BCUT2D eigenvalue weighted by atomic mass is 79.9. The zero-order valence-electron chi connectivity index (χ0n) is 10.2. The van der Waals surface area contributed by atoms with Crippen LogP contribution in [0.15, 0.2) is 18.2 Å². The maximum absolute atomic E-state index is 12.0. The fraction of sp³-hybridized carbons (Fsp3) is 0.385. The van der Waals surface area contributed by atoms with Crippen molar-refractivity contribution in [1.29, 1.82) is 0 Å². The number of ketones is 1. The van der Waals surface area contributed by atoms with E-state index >= 15 is 0 Å². The first-order chi connectivity index (χ1) is 8.51. The van der Waals surface area contributed by atoms with Crippen LogP contribution in [0.5, 0.6) is 0 Å². The molecular formula is C13H14Br2O3. The summed E-state index contributed by atoms with van der Waals surface area (Å²) in [6, 6.07) is 5.03. The second-order valence-corrected chi connectivity index (χ2v) is 5.64. The van der Waals surface area contributed by atoms with E-state index in [4.69, 9.17) is 4.74 Å². The number of ether oxygens (including phenoxy) is 1. The number of hydrogen-bond donors (Lipinski definition) is 0. The van der Waals surface area contributed by atoms with Crippen LogP contribution >= 0.6 is 31.9 Å². The largest absolute Gasteiger partial charge is 0.462 e. The number of carbonyl (C=O) groups excluding carboxylic acids is 2. The fourth-order valence-corrected chi connectivity index (χ4v) is 2.21. The van der Waals surface area contributed by atoms with Gasteiger partial charge in [-0.3, -0.25) is 4.79 Å². The van der Waals surface area contributed by atoms with Crippen LogP contribution in [0.3, 0.4) is 0 Å². The predicted octanol–water partition coefficient (Wildman–Crippen LogP) is 3.72. The lowest BCUT2D eigenvalue weighted by atomic mass is 10.00. The lowest BCUT2D eigenvalue weighted by Crippen LogP contribution is -2.14. The number of Topliss-reactive ketones (excluding diaryl/α,β-unsaturated/α-hetero) is 1. The molecule has 0 aliphatic rings. The number of alkyl halides is 2. The highest BCUT2D eigenvalue weighted by molar-refractivity contribution is 9.10. The molecule has 0 saturated heterocycles. The van der Waals surface area contributed by atoms with Crippen molar-refractivity contribution in [3.05, 3.63) is 34.9 Å². The van der Waals surface area contributed by atoms with Gasteiger partial charge in [-0.15, -0.1) is 0 Å². The maximum atomic E-state index is 12.0. The molecule has 0 N–H and O–H groups in total. The number of esters is 1. The molecule has 0 heterocycles. The summed E-state index contributed by atoms with van der Waals surface area (Å²) in [5, 5.41) is 0.566. The fourth-order valence-electron chi connectivity index (χ4n) is 1.48. The Morgan fingerprint density at radius 1 is 1.39 bits per heavy atom. The SMILES string of the molecule is CCOC(=O)c1ccc(CBr)c(C(=O)C(C)Br)c1. The predicted molar refractivity (Wildman–Crippen MR) is 77.7 cm³/mol. The van der Waals surface area contributed by atoms with Crippen molar-refractivity contribution in [1.82, 2.24) is 0 Å². The molecule has 98 valence electrons. The lowest BCUT2D eigenvalue weighted by Gasteiger charge is -2.10. The molecule has 0 fully saturated rings. The molecule has 0 bridgehead atoms. The number of hydrogen-bond acceptors (Lipinski definition) is 3. The molecule has 0 aliphatic carbocycles. The van der Waals surface area contributed by atoms with E-state index in [0.717, 1.165) is 5.56 Å². The summed E-state index contributed by atoms with van der Waals surface area (Å²) in [5.41, 5.74) is 1.80. The third-order valence-corrected chi connectivity index (χ3v) is 3.41. The summed E-state index contributed by atoms with van der Waals surface area (Å²) in [6.45, 7) is 3.83. The van der Waals surface area contributed by atoms with Crippen molar-refractivity contribution in [2.45, 2.75) is 24.0 Å². The average Bonchev–Trinajstić information content (AvgIpc) is 2.37. The van der Waals surface area contributed by atoms with Crippen LogP contribution in [0.2, 0.25) is 0 Å². The molecule has 1 unspecified atom stereocenters. The second-order valence-electron chi connectivity index (χ2n) is 3.71. The Labute approximate surface area is 123 Å². The standard InChI is InChI=1S/C13H14Br2O3/c1-3-18-13(17)9-4-5-10(7-14)11(6-9)12(16)8(2)15/h4-6,8H,3,7H2,1-2H3. The molecule has 0 radical (unpaired) electrons. The lowest BCUT2D eigenvalue weighted by molar-refractivity contribution is 0.0526. The van der Waals surface area contributed by atoms with E-state index in [9.17, 15) is 9.59 Å². The van der Waals surface area contributed by atoms with Gasteiger partial charge in [-0.25, -0.2) is 4.79 Å². The summed E-state index contributed by atoms with van der Waals surface area (Å²) < 4.78 is 4.92. The summed E-state index contributed by atoms with van der Waals surface area (Å²) in [4.78, 5) is 23.4. The Hall–Kier alpha value is -0.680. The minimum Gasteiger partial charge on any atom is -0.462 e. The summed E-state index contributed by atoms with van der Waals surface area (Å²) in [7, 11) is 0. The molecule has 0 saturated carbocycles. The van der Waals surface area contributed by atoms with Crippen molar-refractivity contribution in [2.75, 3.05) is 6.61 Å². The molecular weight excluding hydrogens is 364 g/mol. The first-order valence-corrected chi connectivity index (χ1v) is 7.59. The van der Waals surface area contributed by atoms with Crippen LogP contribution in [-0.2, 0) is 10.1 Å². The van der Waals surface area contributed by atoms with E-state index in [1.165, 1.54) is 0 Å². The molecule has 1 aromatic carbocycles. The Bertz CT molecular complexity index is 456. The summed E-state index contributed by atoms with van der Waals surface area (Å²) in [6.07, 6.45) is 0. The number of rotatable bonds is 5.